The van der Waals surface area contributed by atoms with Crippen molar-refractivity contribution in [2.45, 2.75) is 25.7 Å². The first-order valence-electron chi connectivity index (χ1n) is 12.1. The zero-order valence-electron chi connectivity index (χ0n) is 20.5. The molecule has 0 unspecified atom stereocenters. The van der Waals surface area contributed by atoms with Crippen molar-refractivity contribution in [1.29, 1.82) is 5.26 Å². The molecule has 5 rings (SSSR count). The molecule has 2 N–H and O–H groups in total. The molecule has 1 aromatic heterocycles. The number of carbonyl (C=O) groups is 3. The van der Waals surface area contributed by atoms with Crippen molar-refractivity contribution in [3.63, 3.8) is 0 Å². The Kier molecular flexibility index (Phi) is 7.68. The maximum atomic E-state index is 12.7. The average molecular weight is 557 g/mol. The Morgan fingerprint density at radius 1 is 1.00 bits per heavy atom. The Bertz CT molecular complexity index is 1670. The fraction of sp³-hybridized carbons (Fsp3) is 0.138. The molecule has 1 aliphatic carbocycles. The number of esters is 1. The Morgan fingerprint density at radius 2 is 1.77 bits per heavy atom. The molecule has 0 saturated heterocycles. The number of anilines is 1. The van der Waals surface area contributed by atoms with E-state index in [1.165, 1.54) is 17.6 Å². The van der Waals surface area contributed by atoms with Crippen LogP contribution in [0.2, 0.25) is 5.02 Å². The van der Waals surface area contributed by atoms with Crippen LogP contribution in [0.15, 0.2) is 65.8 Å². The Morgan fingerprint density at radius 3 is 2.56 bits per heavy atom. The summed E-state index contributed by atoms with van der Waals surface area (Å²) >= 11 is 7.24. The summed E-state index contributed by atoms with van der Waals surface area (Å²) in [7, 11) is 0. The van der Waals surface area contributed by atoms with Gasteiger partial charge in [-0.25, -0.2) is 10.2 Å². The van der Waals surface area contributed by atoms with Crippen molar-refractivity contribution in [3.05, 3.63) is 92.8 Å². The van der Waals surface area contributed by atoms with Crippen LogP contribution in [0, 0.1) is 11.3 Å². The van der Waals surface area contributed by atoms with Gasteiger partial charge in [0.05, 0.1) is 17.3 Å². The van der Waals surface area contributed by atoms with E-state index in [-0.39, 0.29) is 5.75 Å². The molecule has 3 aromatic carbocycles. The Labute approximate surface area is 232 Å². The van der Waals surface area contributed by atoms with Crippen LogP contribution >= 0.6 is 22.9 Å². The second-order valence-electron chi connectivity index (χ2n) is 8.77. The molecule has 2 amide bonds. The van der Waals surface area contributed by atoms with Gasteiger partial charge in [-0.3, -0.25) is 9.59 Å². The summed E-state index contributed by atoms with van der Waals surface area (Å²) in [5, 5.41) is 18.5. The minimum Gasteiger partial charge on any atom is -0.422 e. The fourth-order valence-corrected chi connectivity index (χ4v) is 5.74. The standard InChI is InChI=1S/C29H21ClN4O4S/c30-19-12-9-18(10-13-19)29(37)38-24-14-11-17-5-1-2-6-20(17)23(24)16-32-34-27(36)26(35)33-28-22(15-31)21-7-3-4-8-25(21)39-28/h1-2,5-6,9-14,16H,3-4,7-8H2,(H,33,35)(H,34,36). The molecule has 0 fully saturated rings. The molecule has 39 heavy (non-hydrogen) atoms. The van der Waals surface area contributed by atoms with Crippen LogP contribution in [0.25, 0.3) is 10.8 Å². The number of rotatable bonds is 5. The van der Waals surface area contributed by atoms with Crippen molar-refractivity contribution >= 4 is 62.7 Å². The molecule has 1 heterocycles. The highest BCUT2D eigenvalue weighted by atomic mass is 35.5. The second-order valence-corrected chi connectivity index (χ2v) is 10.3. The summed E-state index contributed by atoms with van der Waals surface area (Å²) < 4.78 is 5.63. The summed E-state index contributed by atoms with van der Waals surface area (Å²) in [5.74, 6) is -2.30. The second kappa shape index (κ2) is 11.5. The number of hydrogen-bond acceptors (Lipinski definition) is 7. The lowest BCUT2D eigenvalue weighted by Gasteiger charge is -2.10. The Balaban J connectivity index is 1.34. The van der Waals surface area contributed by atoms with E-state index in [2.05, 4.69) is 21.9 Å². The minimum atomic E-state index is -0.999. The number of benzene rings is 3. The first kappa shape index (κ1) is 26.1. The molecule has 0 aliphatic heterocycles. The lowest BCUT2D eigenvalue weighted by atomic mass is 9.96. The van der Waals surface area contributed by atoms with Gasteiger partial charge in [0.15, 0.2) is 0 Å². The minimum absolute atomic E-state index is 0.221. The summed E-state index contributed by atoms with van der Waals surface area (Å²) in [6.07, 6.45) is 4.99. The van der Waals surface area contributed by atoms with Crippen molar-refractivity contribution < 1.29 is 19.1 Å². The van der Waals surface area contributed by atoms with E-state index in [1.807, 2.05) is 24.3 Å². The third-order valence-corrected chi connectivity index (χ3v) is 7.75. The molecular weight excluding hydrogens is 536 g/mol. The smallest absolute Gasteiger partial charge is 0.343 e. The molecule has 194 valence electrons. The highest BCUT2D eigenvalue weighted by molar-refractivity contribution is 7.16. The fourth-order valence-electron chi connectivity index (χ4n) is 4.38. The van der Waals surface area contributed by atoms with Crippen molar-refractivity contribution in [2.75, 3.05) is 5.32 Å². The number of carbonyl (C=O) groups excluding carboxylic acids is 3. The number of hydrazone groups is 1. The van der Waals surface area contributed by atoms with Gasteiger partial charge in [0.25, 0.3) is 0 Å². The van der Waals surface area contributed by atoms with Gasteiger partial charge in [-0.15, -0.1) is 11.3 Å². The lowest BCUT2D eigenvalue weighted by molar-refractivity contribution is -0.136. The van der Waals surface area contributed by atoms with Gasteiger partial charge in [-0.05, 0) is 72.4 Å². The molecule has 0 radical (unpaired) electrons. The first-order chi connectivity index (χ1) is 18.9. The van der Waals surface area contributed by atoms with Gasteiger partial charge in [-0.2, -0.15) is 10.4 Å². The van der Waals surface area contributed by atoms with E-state index in [0.29, 0.717) is 26.7 Å². The van der Waals surface area contributed by atoms with E-state index in [4.69, 9.17) is 16.3 Å². The van der Waals surface area contributed by atoms with E-state index in [0.717, 1.165) is 46.9 Å². The SMILES string of the molecule is N#Cc1c(NC(=O)C(=O)NN=Cc2c(OC(=O)c3ccc(Cl)cc3)ccc3ccccc23)sc2c1CCCC2. The van der Waals surface area contributed by atoms with Crippen LogP contribution in [-0.4, -0.2) is 24.0 Å². The number of thiophene rings is 1. The lowest BCUT2D eigenvalue weighted by Crippen LogP contribution is -2.32. The predicted molar refractivity (Wildman–Crippen MR) is 150 cm³/mol. The highest BCUT2D eigenvalue weighted by Crippen LogP contribution is 2.37. The maximum absolute atomic E-state index is 12.7. The van der Waals surface area contributed by atoms with E-state index >= 15 is 0 Å². The molecule has 10 heteroatoms. The number of nitrogens with zero attached hydrogens (tertiary/aromatic N) is 2. The number of halogens is 1. The van der Waals surface area contributed by atoms with Crippen LogP contribution in [0.4, 0.5) is 5.00 Å². The van der Waals surface area contributed by atoms with E-state index in [1.54, 1.807) is 36.4 Å². The number of aryl methyl sites for hydroxylation is 1. The van der Waals surface area contributed by atoms with Gasteiger partial charge in [0.2, 0.25) is 0 Å². The summed E-state index contributed by atoms with van der Waals surface area (Å²) in [6.45, 7) is 0. The van der Waals surface area contributed by atoms with E-state index < -0.39 is 17.8 Å². The monoisotopic (exact) mass is 556 g/mol. The number of nitriles is 1. The summed E-state index contributed by atoms with van der Waals surface area (Å²) in [6, 6.07) is 19.3. The third kappa shape index (κ3) is 5.67. The quantitative estimate of drug-likeness (QED) is 0.109. The van der Waals surface area contributed by atoms with Crippen LogP contribution in [0.3, 0.4) is 0 Å². The third-order valence-electron chi connectivity index (χ3n) is 6.29. The van der Waals surface area contributed by atoms with Gasteiger partial charge in [-0.1, -0.05) is 41.9 Å². The summed E-state index contributed by atoms with van der Waals surface area (Å²) in [4.78, 5) is 38.9. The Hall–Kier alpha value is -4.52. The van der Waals surface area contributed by atoms with Gasteiger partial charge in [0, 0.05) is 15.5 Å². The molecule has 0 saturated carbocycles. The van der Waals surface area contributed by atoms with E-state index in [9.17, 15) is 19.6 Å². The highest BCUT2D eigenvalue weighted by Gasteiger charge is 2.23. The van der Waals surface area contributed by atoms with Crippen molar-refractivity contribution in [3.8, 4) is 11.8 Å². The maximum Gasteiger partial charge on any atom is 0.343 e. The number of amides is 2. The zero-order valence-corrected chi connectivity index (χ0v) is 22.1. The first-order valence-corrected chi connectivity index (χ1v) is 13.3. The van der Waals surface area contributed by atoms with Crippen LogP contribution in [0.5, 0.6) is 5.75 Å². The van der Waals surface area contributed by atoms with Crippen LogP contribution in [0.1, 0.15) is 44.8 Å². The van der Waals surface area contributed by atoms with Gasteiger partial charge in [0.1, 0.15) is 16.8 Å². The molecule has 0 atom stereocenters. The molecule has 0 bridgehead atoms. The van der Waals surface area contributed by atoms with Crippen LogP contribution < -0.4 is 15.5 Å². The molecule has 0 spiro atoms. The summed E-state index contributed by atoms with van der Waals surface area (Å²) in [5.41, 5.74) is 4.35. The largest absolute Gasteiger partial charge is 0.422 e. The number of nitrogens with one attached hydrogen (secondary N) is 2. The number of fused-ring (bicyclic) bond motifs is 2. The van der Waals surface area contributed by atoms with Crippen molar-refractivity contribution in [2.24, 2.45) is 5.10 Å². The normalized spacial score (nSPS) is 12.5. The van der Waals surface area contributed by atoms with Gasteiger partial charge < -0.3 is 10.1 Å². The molecule has 4 aromatic rings. The zero-order chi connectivity index (χ0) is 27.4. The topological polar surface area (TPSA) is 121 Å². The van der Waals surface area contributed by atoms with Crippen molar-refractivity contribution in [1.82, 2.24) is 5.43 Å². The average Bonchev–Trinajstić information content (AvgIpc) is 3.30. The molecule has 1 aliphatic rings. The number of ether oxygens (including phenoxy) is 1. The molecule has 8 nitrogen and oxygen atoms in total. The van der Waals surface area contributed by atoms with Crippen LogP contribution in [-0.2, 0) is 22.4 Å². The predicted octanol–water partition coefficient (Wildman–Crippen LogP) is 5.61. The number of hydrogen-bond donors (Lipinski definition) is 2. The van der Waals surface area contributed by atoms with Gasteiger partial charge >= 0.3 is 17.8 Å². The molecular formula is C29H21ClN4O4S.